The lowest BCUT2D eigenvalue weighted by Crippen LogP contribution is -2.40. The van der Waals surface area contributed by atoms with Crippen LogP contribution in [0.4, 0.5) is 4.79 Å². The Balaban J connectivity index is 1.69. The van der Waals surface area contributed by atoms with Crippen molar-refractivity contribution in [3.63, 3.8) is 0 Å². The van der Waals surface area contributed by atoms with E-state index in [1.54, 1.807) is 28.8 Å². The Morgan fingerprint density at radius 1 is 1.30 bits per heavy atom. The van der Waals surface area contributed by atoms with Crippen LogP contribution in [-0.4, -0.2) is 27.2 Å². The monoisotopic (exact) mass is 492 g/mol. The molecule has 10 heteroatoms. The van der Waals surface area contributed by atoms with Gasteiger partial charge < -0.3 is 9.73 Å². The number of furan rings is 1. The molecule has 0 bridgehead atoms. The van der Waals surface area contributed by atoms with Crippen molar-refractivity contribution >= 4 is 50.5 Å². The molecule has 0 fully saturated rings. The number of amides is 3. The molecule has 1 aromatic carbocycles. The van der Waals surface area contributed by atoms with E-state index < -0.39 is 11.9 Å². The van der Waals surface area contributed by atoms with Crippen molar-refractivity contribution < 1.29 is 14.0 Å². The zero-order valence-corrected chi connectivity index (χ0v) is 18.9. The van der Waals surface area contributed by atoms with Gasteiger partial charge in [-0.05, 0) is 36.2 Å². The first kappa shape index (κ1) is 22.1. The van der Waals surface area contributed by atoms with Gasteiger partial charge in [0, 0.05) is 11.0 Å². The number of carbonyl (C=O) groups is 2. The molecule has 2 N–H and O–H groups in total. The molecule has 30 heavy (non-hydrogen) atoms. The largest absolute Gasteiger partial charge is 0.467 e. The molecule has 0 aliphatic heterocycles. The number of benzene rings is 1. The van der Waals surface area contributed by atoms with Crippen LogP contribution in [0, 0.1) is 5.92 Å². The lowest BCUT2D eigenvalue weighted by atomic mass is 10.2. The Hall–Kier alpha value is -2.59. The molecule has 3 aromatic rings. The lowest BCUT2D eigenvalue weighted by Gasteiger charge is -2.15. The van der Waals surface area contributed by atoms with Crippen LogP contribution in [0.25, 0.3) is 10.9 Å². The fraction of sp³-hybridized carbons (Fsp3) is 0.300. The van der Waals surface area contributed by atoms with E-state index in [9.17, 15) is 14.4 Å². The Morgan fingerprint density at radius 2 is 2.10 bits per heavy atom. The minimum absolute atomic E-state index is 0.0548. The summed E-state index contributed by atoms with van der Waals surface area (Å²) in [6, 6.07) is 8.12. The van der Waals surface area contributed by atoms with E-state index in [1.807, 2.05) is 19.9 Å². The van der Waals surface area contributed by atoms with E-state index >= 15 is 0 Å². The summed E-state index contributed by atoms with van der Waals surface area (Å²) in [5.41, 5.74) is 0.399. The maximum Gasteiger partial charge on any atom is 0.321 e. The highest BCUT2D eigenvalue weighted by molar-refractivity contribution is 9.10. The lowest BCUT2D eigenvalue weighted by molar-refractivity contribution is -0.117. The molecule has 0 saturated carbocycles. The summed E-state index contributed by atoms with van der Waals surface area (Å²) < 4.78 is 7.49. The number of urea groups is 1. The topological polar surface area (TPSA) is 106 Å². The number of imide groups is 1. The SMILES string of the molecule is CC(C)Cn1c(SCC(=O)NC(=O)NCc2ccco2)nc2ccc(Br)cc2c1=O. The van der Waals surface area contributed by atoms with Crippen LogP contribution in [0.2, 0.25) is 0 Å². The first-order chi connectivity index (χ1) is 14.3. The fourth-order valence-corrected chi connectivity index (χ4v) is 3.90. The fourth-order valence-electron chi connectivity index (χ4n) is 2.73. The summed E-state index contributed by atoms with van der Waals surface area (Å²) in [7, 11) is 0. The van der Waals surface area contributed by atoms with Crippen LogP contribution in [-0.2, 0) is 17.9 Å². The second-order valence-electron chi connectivity index (χ2n) is 6.96. The van der Waals surface area contributed by atoms with Crippen molar-refractivity contribution in [2.45, 2.75) is 32.1 Å². The minimum atomic E-state index is -0.618. The molecule has 0 spiro atoms. The highest BCUT2D eigenvalue weighted by atomic mass is 79.9. The third-order valence-electron chi connectivity index (χ3n) is 4.02. The Bertz CT molecular complexity index is 1110. The predicted molar refractivity (Wildman–Crippen MR) is 118 cm³/mol. The smallest absolute Gasteiger partial charge is 0.321 e. The van der Waals surface area contributed by atoms with Crippen LogP contribution in [0.1, 0.15) is 19.6 Å². The van der Waals surface area contributed by atoms with E-state index in [1.165, 1.54) is 6.26 Å². The van der Waals surface area contributed by atoms with Gasteiger partial charge in [0.15, 0.2) is 5.16 Å². The molecule has 3 amide bonds. The van der Waals surface area contributed by atoms with Crippen molar-refractivity contribution in [1.82, 2.24) is 20.2 Å². The quantitative estimate of drug-likeness (QED) is 0.386. The van der Waals surface area contributed by atoms with Gasteiger partial charge in [-0.3, -0.25) is 19.5 Å². The van der Waals surface area contributed by atoms with Gasteiger partial charge in [0.1, 0.15) is 5.76 Å². The molecule has 0 radical (unpaired) electrons. The van der Waals surface area contributed by atoms with Crippen molar-refractivity contribution in [3.8, 4) is 0 Å². The summed E-state index contributed by atoms with van der Waals surface area (Å²) in [5.74, 6) is 0.255. The van der Waals surface area contributed by atoms with E-state index in [0.29, 0.717) is 28.4 Å². The van der Waals surface area contributed by atoms with Crippen LogP contribution in [0.3, 0.4) is 0 Å². The average molecular weight is 493 g/mol. The second kappa shape index (κ2) is 9.94. The number of nitrogens with one attached hydrogen (secondary N) is 2. The van der Waals surface area contributed by atoms with Gasteiger partial charge in [-0.1, -0.05) is 41.5 Å². The molecule has 0 atom stereocenters. The van der Waals surface area contributed by atoms with Gasteiger partial charge >= 0.3 is 6.03 Å². The van der Waals surface area contributed by atoms with Crippen molar-refractivity contribution in [2.24, 2.45) is 5.92 Å². The first-order valence-corrected chi connectivity index (χ1v) is 11.0. The summed E-state index contributed by atoms with van der Waals surface area (Å²) in [6.07, 6.45) is 1.50. The van der Waals surface area contributed by atoms with Crippen LogP contribution in [0.15, 0.2) is 55.4 Å². The molecule has 0 saturated heterocycles. The van der Waals surface area contributed by atoms with E-state index in [0.717, 1.165) is 16.2 Å². The Morgan fingerprint density at radius 3 is 2.80 bits per heavy atom. The maximum absolute atomic E-state index is 13.0. The number of hydrogen-bond donors (Lipinski definition) is 2. The van der Waals surface area contributed by atoms with Crippen LogP contribution in [0.5, 0.6) is 0 Å². The molecule has 0 unspecified atom stereocenters. The highest BCUT2D eigenvalue weighted by Gasteiger charge is 2.16. The molecular weight excluding hydrogens is 472 g/mol. The molecule has 158 valence electrons. The number of thioether (sulfide) groups is 1. The van der Waals surface area contributed by atoms with E-state index in [2.05, 4.69) is 31.5 Å². The first-order valence-electron chi connectivity index (χ1n) is 9.26. The van der Waals surface area contributed by atoms with Crippen LogP contribution >= 0.6 is 27.7 Å². The van der Waals surface area contributed by atoms with Gasteiger partial charge in [-0.15, -0.1) is 0 Å². The van der Waals surface area contributed by atoms with Gasteiger partial charge in [-0.2, -0.15) is 0 Å². The average Bonchev–Trinajstić information content (AvgIpc) is 3.21. The maximum atomic E-state index is 13.0. The molecule has 0 aliphatic rings. The van der Waals surface area contributed by atoms with Gasteiger partial charge in [0.05, 0.1) is 29.5 Å². The molecule has 2 heterocycles. The zero-order chi connectivity index (χ0) is 21.7. The van der Waals surface area contributed by atoms with E-state index in [4.69, 9.17) is 4.42 Å². The summed E-state index contributed by atoms with van der Waals surface area (Å²) in [5, 5.41) is 5.75. The van der Waals surface area contributed by atoms with Crippen molar-refractivity contribution in [3.05, 3.63) is 57.2 Å². The van der Waals surface area contributed by atoms with Gasteiger partial charge in [0.2, 0.25) is 5.91 Å². The Labute approximate surface area is 185 Å². The third-order valence-corrected chi connectivity index (χ3v) is 5.49. The Kier molecular flexibility index (Phi) is 7.33. The molecule has 2 aromatic heterocycles. The van der Waals surface area contributed by atoms with Crippen molar-refractivity contribution in [1.29, 1.82) is 0 Å². The van der Waals surface area contributed by atoms with Crippen molar-refractivity contribution in [2.75, 3.05) is 5.75 Å². The number of carbonyl (C=O) groups excluding carboxylic acids is 2. The molecule has 0 aliphatic carbocycles. The van der Waals surface area contributed by atoms with Gasteiger partial charge in [-0.25, -0.2) is 9.78 Å². The normalized spacial score (nSPS) is 11.1. The molecule has 8 nitrogen and oxygen atoms in total. The number of fused-ring (bicyclic) bond motifs is 1. The predicted octanol–water partition coefficient (Wildman–Crippen LogP) is 3.53. The van der Waals surface area contributed by atoms with Crippen LogP contribution < -0.4 is 16.2 Å². The summed E-state index contributed by atoms with van der Waals surface area (Å²) in [6.45, 7) is 4.65. The third kappa shape index (κ3) is 5.73. The second-order valence-corrected chi connectivity index (χ2v) is 8.82. The summed E-state index contributed by atoms with van der Waals surface area (Å²) >= 11 is 4.50. The highest BCUT2D eigenvalue weighted by Crippen LogP contribution is 2.21. The zero-order valence-electron chi connectivity index (χ0n) is 16.5. The minimum Gasteiger partial charge on any atom is -0.467 e. The van der Waals surface area contributed by atoms with E-state index in [-0.39, 0.29) is 23.8 Å². The van der Waals surface area contributed by atoms with Gasteiger partial charge in [0.25, 0.3) is 5.56 Å². The number of aromatic nitrogens is 2. The standard InChI is InChI=1S/C20H21BrN4O4S/c1-12(2)10-25-18(27)15-8-13(21)5-6-16(15)23-20(25)30-11-17(26)24-19(28)22-9-14-4-3-7-29-14/h3-8,12H,9-11H2,1-2H3,(H2,22,24,26,28). The number of nitrogens with zero attached hydrogens (tertiary/aromatic N) is 2. The number of rotatable bonds is 7. The molecular formula is C20H21BrN4O4S. The summed E-state index contributed by atoms with van der Waals surface area (Å²) in [4.78, 5) is 41.6. The number of hydrogen-bond acceptors (Lipinski definition) is 6. The molecule has 3 rings (SSSR count). The number of halogens is 1.